The summed E-state index contributed by atoms with van der Waals surface area (Å²) in [6, 6.07) is 0.822. The molecule has 1 rings (SSSR count). The number of ether oxygens (including phenoxy) is 2. The van der Waals surface area contributed by atoms with Crippen molar-refractivity contribution in [3.63, 3.8) is 0 Å². The zero-order valence-corrected chi connectivity index (χ0v) is 11.8. The number of halogens is 2. The zero-order valence-electron chi connectivity index (χ0n) is 9.77. The second-order valence-corrected chi connectivity index (χ2v) is 2.89. The van der Waals surface area contributed by atoms with Crippen LogP contribution in [-0.4, -0.2) is 34.9 Å². The van der Waals surface area contributed by atoms with Gasteiger partial charge in [0.25, 0.3) is 0 Å². The van der Waals surface area contributed by atoms with Crippen LogP contribution in [-0.2, 0) is 16.6 Å². The Hall–Kier alpha value is -1.19. The molecule has 0 saturated heterocycles. The molecule has 0 fully saturated rings. The Labute approximate surface area is 122 Å². The molecular formula is C8H7F2N2NaO5. The number of methoxy groups -OCH3 is 1. The summed E-state index contributed by atoms with van der Waals surface area (Å²) in [5.74, 6) is -4.27. The Morgan fingerprint density at radius 1 is 1.50 bits per heavy atom. The predicted molar refractivity (Wildman–Crippen MR) is 45.1 cm³/mol. The maximum atomic E-state index is 12.6. The molecule has 0 bridgehead atoms. The summed E-state index contributed by atoms with van der Waals surface area (Å²) in [6.07, 6.45) is -4.53. The molecular weight excluding hydrogens is 265 g/mol. The predicted octanol–water partition coefficient (Wildman–Crippen LogP) is -4.07. The topological polar surface area (TPSA) is 93.5 Å². The number of hydrogen-bond donors (Lipinski definition) is 0. The molecule has 1 heterocycles. The monoisotopic (exact) mass is 272 g/mol. The average molecular weight is 272 g/mol. The Bertz CT molecular complexity index is 462. The molecule has 1 aromatic rings. The van der Waals surface area contributed by atoms with E-state index in [4.69, 9.17) is 0 Å². The fraction of sp³-hybridized carbons (Fsp3) is 0.375. The molecule has 7 nitrogen and oxygen atoms in total. The van der Waals surface area contributed by atoms with Gasteiger partial charge in [0.2, 0.25) is 5.88 Å². The standard InChI is InChI=1S/C8H8F2N2O5.Na/c1-12-4(6(13)16-2)3-5(11-12)17-8(9,10)7(14)15;/h3H,1-2H3,(H,14,15);/q;+1/p-1. The number of hydrogen-bond acceptors (Lipinski definition) is 6. The van der Waals surface area contributed by atoms with Crippen LogP contribution in [0.5, 0.6) is 5.88 Å². The molecule has 0 saturated carbocycles. The number of rotatable bonds is 4. The minimum absolute atomic E-state index is 0. The van der Waals surface area contributed by atoms with Gasteiger partial charge >= 0.3 is 41.6 Å². The number of aliphatic carboxylic acids is 1. The number of aryl methyl sites for hydroxylation is 1. The summed E-state index contributed by atoms with van der Waals surface area (Å²) in [6.45, 7) is 0. The minimum Gasteiger partial charge on any atom is -0.541 e. The third kappa shape index (κ3) is 3.65. The SMILES string of the molecule is COC(=O)c1cc(OC(F)(F)C(=O)[O-])nn1C.[Na+]. The first-order valence-corrected chi connectivity index (χ1v) is 4.18. The summed E-state index contributed by atoms with van der Waals surface area (Å²) in [4.78, 5) is 21.1. The van der Waals surface area contributed by atoms with E-state index in [1.807, 2.05) is 0 Å². The van der Waals surface area contributed by atoms with Crippen molar-refractivity contribution in [3.8, 4) is 5.88 Å². The van der Waals surface area contributed by atoms with Crippen molar-refractivity contribution in [2.45, 2.75) is 6.11 Å². The van der Waals surface area contributed by atoms with E-state index in [0.717, 1.165) is 17.9 Å². The van der Waals surface area contributed by atoms with Crippen LogP contribution in [0.15, 0.2) is 6.07 Å². The van der Waals surface area contributed by atoms with E-state index in [9.17, 15) is 23.5 Å². The molecule has 18 heavy (non-hydrogen) atoms. The van der Waals surface area contributed by atoms with Crippen LogP contribution in [0.3, 0.4) is 0 Å². The second-order valence-electron chi connectivity index (χ2n) is 2.89. The van der Waals surface area contributed by atoms with Gasteiger partial charge in [-0.2, -0.15) is 8.78 Å². The van der Waals surface area contributed by atoms with Crippen molar-refractivity contribution in [3.05, 3.63) is 11.8 Å². The summed E-state index contributed by atoms with van der Waals surface area (Å²) < 4.78 is 34.2. The van der Waals surface area contributed by atoms with Gasteiger partial charge in [0.05, 0.1) is 7.11 Å². The van der Waals surface area contributed by atoms with Gasteiger partial charge < -0.3 is 19.4 Å². The number of carboxylic acids is 1. The molecule has 0 atom stereocenters. The van der Waals surface area contributed by atoms with Crippen molar-refractivity contribution in [1.29, 1.82) is 0 Å². The van der Waals surface area contributed by atoms with Gasteiger partial charge in [0.1, 0.15) is 5.69 Å². The van der Waals surface area contributed by atoms with Gasteiger partial charge in [-0.1, -0.05) is 0 Å². The largest absolute Gasteiger partial charge is 1.00 e. The summed E-state index contributed by atoms with van der Waals surface area (Å²) in [5.41, 5.74) is -0.170. The van der Waals surface area contributed by atoms with Crippen molar-refractivity contribution in [2.75, 3.05) is 7.11 Å². The Kier molecular flexibility index (Phi) is 5.71. The zero-order chi connectivity index (χ0) is 13.2. The molecule has 0 spiro atoms. The number of carboxylic acid groups (broad SMARTS) is 1. The minimum atomic E-state index is -4.53. The molecule has 94 valence electrons. The van der Waals surface area contributed by atoms with Crippen molar-refractivity contribution in [1.82, 2.24) is 9.78 Å². The third-order valence-corrected chi connectivity index (χ3v) is 1.72. The molecule has 1 aromatic heterocycles. The van der Waals surface area contributed by atoms with E-state index < -0.39 is 23.9 Å². The van der Waals surface area contributed by atoms with E-state index in [-0.39, 0.29) is 35.3 Å². The van der Waals surface area contributed by atoms with E-state index >= 15 is 0 Å². The number of nitrogens with zero attached hydrogens (tertiary/aromatic N) is 2. The van der Waals surface area contributed by atoms with Gasteiger partial charge in [0.15, 0.2) is 5.97 Å². The molecule has 0 aliphatic rings. The van der Waals surface area contributed by atoms with Crippen LogP contribution in [0.25, 0.3) is 0 Å². The Morgan fingerprint density at radius 2 is 2.06 bits per heavy atom. The van der Waals surface area contributed by atoms with Crippen LogP contribution in [0.2, 0.25) is 0 Å². The first kappa shape index (κ1) is 16.8. The molecule has 0 aromatic carbocycles. The normalized spacial score (nSPS) is 10.4. The van der Waals surface area contributed by atoms with Crippen LogP contribution in [0.4, 0.5) is 8.78 Å². The Morgan fingerprint density at radius 3 is 2.50 bits per heavy atom. The van der Waals surface area contributed by atoms with Gasteiger partial charge in [-0.3, -0.25) is 4.68 Å². The van der Waals surface area contributed by atoms with Crippen molar-refractivity contribution >= 4 is 11.9 Å². The number of aromatic nitrogens is 2. The molecule has 0 radical (unpaired) electrons. The van der Waals surface area contributed by atoms with Gasteiger partial charge in [-0.15, -0.1) is 5.10 Å². The molecule has 10 heteroatoms. The number of carbonyl (C=O) groups is 2. The van der Waals surface area contributed by atoms with Crippen LogP contribution in [0.1, 0.15) is 10.5 Å². The molecule has 0 unspecified atom stereocenters. The smallest absolute Gasteiger partial charge is 0.541 e. The van der Waals surface area contributed by atoms with Crippen LogP contribution in [0, 0.1) is 0 Å². The fourth-order valence-electron chi connectivity index (χ4n) is 0.959. The fourth-order valence-corrected chi connectivity index (χ4v) is 0.959. The number of alkyl halides is 2. The quantitative estimate of drug-likeness (QED) is 0.409. The summed E-state index contributed by atoms with van der Waals surface area (Å²) >= 11 is 0. The van der Waals surface area contributed by atoms with Crippen molar-refractivity contribution in [2.24, 2.45) is 7.05 Å². The van der Waals surface area contributed by atoms with Crippen molar-refractivity contribution < 1.29 is 62.5 Å². The van der Waals surface area contributed by atoms with Crippen LogP contribution < -0.4 is 39.4 Å². The second kappa shape index (κ2) is 6.12. The van der Waals surface area contributed by atoms with E-state index in [0.29, 0.717) is 0 Å². The maximum absolute atomic E-state index is 12.6. The number of carbonyl (C=O) groups excluding carboxylic acids is 2. The van der Waals surface area contributed by atoms with Gasteiger partial charge in [0, 0.05) is 13.1 Å². The van der Waals surface area contributed by atoms with Gasteiger partial charge in [-0.25, -0.2) is 4.79 Å². The summed E-state index contributed by atoms with van der Waals surface area (Å²) in [5, 5.41) is 13.4. The Balaban J connectivity index is 0.00000289. The summed E-state index contributed by atoms with van der Waals surface area (Å²) in [7, 11) is 2.36. The molecule has 0 aliphatic carbocycles. The van der Waals surface area contributed by atoms with E-state index in [2.05, 4.69) is 14.6 Å². The van der Waals surface area contributed by atoms with E-state index in [1.54, 1.807) is 0 Å². The van der Waals surface area contributed by atoms with Gasteiger partial charge in [-0.05, 0) is 0 Å². The number of esters is 1. The third-order valence-electron chi connectivity index (χ3n) is 1.72. The molecule has 0 N–H and O–H groups in total. The maximum Gasteiger partial charge on any atom is 1.00 e. The molecule has 0 aliphatic heterocycles. The van der Waals surface area contributed by atoms with Crippen LogP contribution >= 0.6 is 0 Å². The first-order chi connectivity index (χ1) is 7.77. The van der Waals surface area contributed by atoms with E-state index in [1.165, 1.54) is 7.05 Å². The molecule has 0 amide bonds. The first-order valence-electron chi connectivity index (χ1n) is 4.18. The average Bonchev–Trinajstić information content (AvgIpc) is 2.57.